The molecular formula is C40H44NiS4-4. The first-order chi connectivity index (χ1) is 21.3. The van der Waals surface area contributed by atoms with Crippen molar-refractivity contribution in [1.29, 1.82) is 0 Å². The summed E-state index contributed by atoms with van der Waals surface area (Å²) in [4.78, 5) is 3.17. The van der Waals surface area contributed by atoms with E-state index in [0.717, 1.165) is 93.2 Å². The van der Waals surface area contributed by atoms with Gasteiger partial charge in [0.1, 0.15) is 0 Å². The molecule has 0 heterocycles. The van der Waals surface area contributed by atoms with Gasteiger partial charge in [-0.15, -0.1) is 0 Å². The zero-order valence-corrected chi connectivity index (χ0v) is 31.1. The minimum Gasteiger partial charge on any atom is -0.781 e. The van der Waals surface area contributed by atoms with Gasteiger partial charge in [0.2, 0.25) is 0 Å². The minimum absolute atomic E-state index is 0. The Kier molecular flexibility index (Phi) is 18.0. The molecule has 0 atom stereocenters. The molecule has 0 aliphatic rings. The van der Waals surface area contributed by atoms with Crippen molar-refractivity contribution < 1.29 is 16.5 Å². The predicted molar refractivity (Wildman–Crippen MR) is 205 cm³/mol. The Bertz CT molecular complexity index is 1410. The van der Waals surface area contributed by atoms with Gasteiger partial charge in [0, 0.05) is 16.5 Å². The summed E-state index contributed by atoms with van der Waals surface area (Å²) < 4.78 is 0. The summed E-state index contributed by atoms with van der Waals surface area (Å²) in [6.45, 7) is 8.80. The van der Waals surface area contributed by atoms with Gasteiger partial charge in [-0.3, -0.25) is 0 Å². The molecule has 0 radical (unpaired) electrons. The van der Waals surface area contributed by atoms with Crippen LogP contribution < -0.4 is 0 Å². The molecule has 5 heteroatoms. The standard InChI is InChI=1S/2C20H24S2.Ni/c2*1-3-8-15-12-13-16(9-4-2)18(14-15)20(22)19(21)17-10-6-5-7-11-17;/h2*5-7,10-14,21-22H,3-4,8-9H2,1-2H3;/p-4/b2*20-19-;. The first-order valence-electron chi connectivity index (χ1n) is 15.9. The van der Waals surface area contributed by atoms with E-state index in [9.17, 15) is 0 Å². The third-order valence-corrected chi connectivity index (χ3v) is 9.42. The zero-order valence-electron chi connectivity index (χ0n) is 26.8. The summed E-state index contributed by atoms with van der Waals surface area (Å²) in [6.07, 6.45) is 8.76. The molecule has 45 heavy (non-hydrogen) atoms. The number of aryl methyl sites for hydroxylation is 4. The van der Waals surface area contributed by atoms with E-state index in [1.165, 1.54) is 22.3 Å². The van der Waals surface area contributed by atoms with Crippen LogP contribution in [-0.2, 0) is 92.7 Å². The molecule has 0 fully saturated rings. The summed E-state index contributed by atoms with van der Waals surface area (Å²) in [5, 5.41) is 0. The van der Waals surface area contributed by atoms with E-state index in [0.29, 0.717) is 0 Å². The minimum atomic E-state index is 0. The molecule has 0 spiro atoms. The summed E-state index contributed by atoms with van der Waals surface area (Å²) in [7, 11) is 0. The Morgan fingerprint density at radius 3 is 1.07 bits per heavy atom. The molecule has 242 valence electrons. The van der Waals surface area contributed by atoms with Crippen LogP contribution in [0.15, 0.2) is 97.1 Å². The van der Waals surface area contributed by atoms with E-state index in [4.69, 9.17) is 50.5 Å². The monoisotopic (exact) mass is 710 g/mol. The quantitative estimate of drug-likeness (QED) is 0.0815. The van der Waals surface area contributed by atoms with E-state index in [-0.39, 0.29) is 16.5 Å². The molecule has 0 bridgehead atoms. The van der Waals surface area contributed by atoms with Crippen molar-refractivity contribution in [2.24, 2.45) is 0 Å². The van der Waals surface area contributed by atoms with Crippen molar-refractivity contribution in [3.8, 4) is 0 Å². The Hall–Kier alpha value is -2.27. The van der Waals surface area contributed by atoms with Crippen molar-refractivity contribution in [3.05, 3.63) is 142 Å². The van der Waals surface area contributed by atoms with Gasteiger partial charge in [0.25, 0.3) is 0 Å². The molecule has 4 aromatic rings. The smallest absolute Gasteiger partial charge is 0 e. The van der Waals surface area contributed by atoms with Crippen LogP contribution in [0.25, 0.3) is 19.6 Å². The van der Waals surface area contributed by atoms with Crippen LogP contribution in [0.5, 0.6) is 0 Å². The largest absolute Gasteiger partial charge is 0.781 e. The maximum Gasteiger partial charge on any atom is 0 e. The normalized spacial score (nSPS) is 11.8. The molecule has 0 saturated carbocycles. The maximum absolute atomic E-state index is 5.73. The van der Waals surface area contributed by atoms with E-state index < -0.39 is 0 Å². The second-order valence-corrected chi connectivity index (χ2v) is 12.7. The van der Waals surface area contributed by atoms with Gasteiger partial charge < -0.3 is 50.5 Å². The fourth-order valence-corrected chi connectivity index (χ4v) is 6.33. The van der Waals surface area contributed by atoms with Gasteiger partial charge in [-0.05, 0) is 70.2 Å². The number of hydrogen-bond donors (Lipinski definition) is 0. The molecule has 0 aliphatic heterocycles. The van der Waals surface area contributed by atoms with Gasteiger partial charge in [-0.2, -0.15) is 19.6 Å². The summed E-state index contributed by atoms with van der Waals surface area (Å²) in [6, 6.07) is 33.5. The summed E-state index contributed by atoms with van der Waals surface area (Å²) in [5.74, 6) is 0. The average molecular weight is 712 g/mol. The third kappa shape index (κ3) is 11.5. The number of rotatable bonds is 12. The van der Waals surface area contributed by atoms with Crippen molar-refractivity contribution in [3.63, 3.8) is 0 Å². The Morgan fingerprint density at radius 1 is 0.422 bits per heavy atom. The first kappa shape index (κ1) is 38.9. The van der Waals surface area contributed by atoms with Crippen LogP contribution in [0.1, 0.15) is 97.9 Å². The number of benzene rings is 4. The van der Waals surface area contributed by atoms with Crippen LogP contribution in [0.4, 0.5) is 0 Å². The van der Waals surface area contributed by atoms with Crippen LogP contribution in [0.3, 0.4) is 0 Å². The fourth-order valence-electron chi connectivity index (χ4n) is 5.22. The SMILES string of the molecule is CCCc1ccc(CCC)c(/C([S-])=C(/[S-])c2ccccc2)c1.CCCc1ccc(CCC)c(/C([S-])=C(/[S-])c2ccccc2)c1.[Ni]. The maximum atomic E-state index is 5.73. The van der Waals surface area contributed by atoms with Crippen molar-refractivity contribution in [2.45, 2.75) is 79.1 Å². The fraction of sp³-hybridized carbons (Fsp3) is 0.300. The molecule has 0 nitrogen and oxygen atoms in total. The third-order valence-electron chi connectivity index (χ3n) is 7.44. The van der Waals surface area contributed by atoms with Gasteiger partial charge in [-0.25, -0.2) is 0 Å². The van der Waals surface area contributed by atoms with E-state index in [1.54, 1.807) is 0 Å². The molecule has 4 rings (SSSR count). The molecular weight excluding hydrogens is 667 g/mol. The summed E-state index contributed by atoms with van der Waals surface area (Å²) in [5.41, 5.74) is 9.67. The summed E-state index contributed by atoms with van der Waals surface area (Å²) >= 11 is 22.7. The Balaban J connectivity index is 0.000000307. The van der Waals surface area contributed by atoms with Crippen molar-refractivity contribution in [1.82, 2.24) is 0 Å². The van der Waals surface area contributed by atoms with Crippen LogP contribution in [0.2, 0.25) is 0 Å². The van der Waals surface area contributed by atoms with Gasteiger partial charge in [-0.1, -0.05) is 150 Å². The van der Waals surface area contributed by atoms with Crippen LogP contribution in [-0.4, -0.2) is 0 Å². The van der Waals surface area contributed by atoms with E-state index >= 15 is 0 Å². The van der Waals surface area contributed by atoms with Crippen molar-refractivity contribution in [2.75, 3.05) is 0 Å². The Morgan fingerprint density at radius 2 is 0.756 bits per heavy atom. The van der Waals surface area contributed by atoms with Gasteiger partial charge in [0.05, 0.1) is 0 Å². The van der Waals surface area contributed by atoms with Gasteiger partial charge >= 0.3 is 0 Å². The van der Waals surface area contributed by atoms with Crippen molar-refractivity contribution >= 4 is 70.1 Å². The molecule has 0 amide bonds. The van der Waals surface area contributed by atoms with E-state index in [1.807, 2.05) is 60.7 Å². The second-order valence-electron chi connectivity index (χ2n) is 11.0. The van der Waals surface area contributed by atoms with Crippen LogP contribution in [0, 0.1) is 0 Å². The van der Waals surface area contributed by atoms with Gasteiger partial charge in [0.15, 0.2) is 0 Å². The first-order valence-corrected chi connectivity index (χ1v) is 17.5. The molecule has 0 aliphatic carbocycles. The molecule has 0 saturated heterocycles. The van der Waals surface area contributed by atoms with E-state index in [2.05, 4.69) is 64.1 Å². The molecule has 0 unspecified atom stereocenters. The molecule has 0 N–H and O–H groups in total. The topological polar surface area (TPSA) is 0 Å². The second kappa shape index (κ2) is 20.8. The zero-order chi connectivity index (χ0) is 31.9. The predicted octanol–water partition coefficient (Wildman–Crippen LogP) is 11.0. The molecule has 0 aromatic heterocycles. The number of hydrogen-bond acceptors (Lipinski definition) is 4. The average Bonchev–Trinajstić information content (AvgIpc) is 3.06. The molecule has 4 aromatic carbocycles. The Labute approximate surface area is 305 Å². The van der Waals surface area contributed by atoms with Crippen LogP contribution >= 0.6 is 0 Å².